The van der Waals surface area contributed by atoms with Crippen LogP contribution in [0.15, 0.2) is 47.6 Å². The maximum absolute atomic E-state index is 13.7. The molecule has 0 spiro atoms. The van der Waals surface area contributed by atoms with Crippen molar-refractivity contribution in [1.29, 1.82) is 0 Å². The largest absolute Gasteiger partial charge is 0.483 e. The molecule has 0 saturated heterocycles. The van der Waals surface area contributed by atoms with Gasteiger partial charge in [0, 0.05) is 0 Å². The summed E-state index contributed by atoms with van der Waals surface area (Å²) >= 11 is 0. The van der Waals surface area contributed by atoms with E-state index in [1.807, 2.05) is 32.9 Å². The smallest absolute Gasteiger partial charge is 0.438 e. The molecule has 31 heavy (non-hydrogen) atoms. The molecule has 3 rings (SSSR count). The summed E-state index contributed by atoms with van der Waals surface area (Å²) in [5, 5.41) is 14.1. The van der Waals surface area contributed by atoms with Gasteiger partial charge in [-0.3, -0.25) is 4.79 Å². The van der Waals surface area contributed by atoms with Gasteiger partial charge in [0.05, 0.1) is 12.1 Å². The van der Waals surface area contributed by atoms with Crippen molar-refractivity contribution in [3.05, 3.63) is 65.0 Å². The van der Waals surface area contributed by atoms with Crippen LogP contribution in [0.2, 0.25) is 0 Å². The van der Waals surface area contributed by atoms with E-state index >= 15 is 0 Å². The molecule has 2 aromatic rings. The number of aliphatic hydroxyl groups is 1. The summed E-state index contributed by atoms with van der Waals surface area (Å²) < 4.78 is 59.7. The second-order valence-corrected chi connectivity index (χ2v) is 7.73. The van der Waals surface area contributed by atoms with Gasteiger partial charge in [-0.25, -0.2) is 4.39 Å². The Labute approximate surface area is 176 Å². The Balaban J connectivity index is 1.88. The van der Waals surface area contributed by atoms with Crippen LogP contribution in [0.3, 0.4) is 0 Å². The first-order valence-electron chi connectivity index (χ1n) is 9.61. The van der Waals surface area contributed by atoms with Crippen LogP contribution in [0.25, 0.3) is 0 Å². The van der Waals surface area contributed by atoms with E-state index in [0.717, 1.165) is 23.3 Å². The van der Waals surface area contributed by atoms with Crippen molar-refractivity contribution in [2.75, 3.05) is 6.61 Å². The van der Waals surface area contributed by atoms with Gasteiger partial charge >= 0.3 is 6.18 Å². The second-order valence-electron chi connectivity index (χ2n) is 7.73. The zero-order valence-electron chi connectivity index (χ0n) is 17.2. The summed E-state index contributed by atoms with van der Waals surface area (Å²) in [6, 6.07) is 9.97. The molecule has 2 aromatic carbocycles. The van der Waals surface area contributed by atoms with Crippen molar-refractivity contribution >= 4 is 11.6 Å². The fourth-order valence-corrected chi connectivity index (χ4v) is 3.28. The predicted octanol–water partition coefficient (Wildman–Crippen LogP) is 4.52. The zero-order chi connectivity index (χ0) is 23.0. The van der Waals surface area contributed by atoms with Crippen LogP contribution in [0.1, 0.15) is 42.9 Å². The molecule has 0 fully saturated rings. The Hall–Kier alpha value is -2.94. The summed E-state index contributed by atoms with van der Waals surface area (Å²) in [6.45, 7) is 4.91. The highest BCUT2D eigenvalue weighted by atomic mass is 19.4. The van der Waals surface area contributed by atoms with E-state index in [9.17, 15) is 27.5 Å². The summed E-state index contributed by atoms with van der Waals surface area (Å²) in [5.74, 6) is -1.30. The van der Waals surface area contributed by atoms with E-state index < -0.39 is 36.7 Å². The maximum Gasteiger partial charge on any atom is 0.438 e. The van der Waals surface area contributed by atoms with Crippen LogP contribution in [-0.4, -0.2) is 40.2 Å². The summed E-state index contributed by atoms with van der Waals surface area (Å²) in [6.07, 6.45) is -6.14. The number of amides is 1. The lowest BCUT2D eigenvalue weighted by atomic mass is 10.0. The highest BCUT2D eigenvalue weighted by Gasteiger charge is 2.63. The van der Waals surface area contributed by atoms with E-state index in [-0.39, 0.29) is 22.2 Å². The minimum atomic E-state index is -5.17. The molecular weight excluding hydrogens is 416 g/mol. The monoisotopic (exact) mass is 438 g/mol. The van der Waals surface area contributed by atoms with Gasteiger partial charge in [0.2, 0.25) is 0 Å². The van der Waals surface area contributed by atoms with Crippen LogP contribution >= 0.6 is 0 Å². The Morgan fingerprint density at radius 2 is 1.87 bits per heavy atom. The van der Waals surface area contributed by atoms with Gasteiger partial charge in [-0.2, -0.15) is 23.3 Å². The number of alkyl halides is 3. The quantitative estimate of drug-likeness (QED) is 0.698. The number of hydrogen-bond acceptors (Lipinski definition) is 4. The second kappa shape index (κ2) is 8.30. The average Bonchev–Trinajstić information content (AvgIpc) is 3.05. The van der Waals surface area contributed by atoms with E-state index in [0.29, 0.717) is 5.75 Å². The molecule has 0 radical (unpaired) electrons. The van der Waals surface area contributed by atoms with Crippen molar-refractivity contribution in [3.8, 4) is 5.75 Å². The SMILES string of the molecule is Cc1ccc(C(C)C)c(OCC(=O)N2N=C(c3ccc(F)cc3)C[C@]2(O)C(F)(F)F)c1. The number of rotatable bonds is 5. The molecule has 0 saturated carbocycles. The number of hydrogen-bond donors (Lipinski definition) is 1. The maximum atomic E-state index is 13.7. The van der Waals surface area contributed by atoms with Gasteiger partial charge in [0.15, 0.2) is 6.61 Å². The number of benzene rings is 2. The van der Waals surface area contributed by atoms with Gasteiger partial charge in [-0.1, -0.05) is 38.1 Å². The molecule has 5 nitrogen and oxygen atoms in total. The van der Waals surface area contributed by atoms with Gasteiger partial charge in [-0.15, -0.1) is 0 Å². The van der Waals surface area contributed by atoms with Gasteiger partial charge < -0.3 is 9.84 Å². The molecule has 1 aliphatic heterocycles. The number of hydrazone groups is 1. The van der Waals surface area contributed by atoms with Crippen LogP contribution in [-0.2, 0) is 4.79 Å². The van der Waals surface area contributed by atoms with Crippen molar-refractivity contribution in [2.24, 2.45) is 5.10 Å². The lowest BCUT2D eigenvalue weighted by Gasteiger charge is -2.32. The van der Waals surface area contributed by atoms with E-state index in [2.05, 4.69) is 5.10 Å². The molecule has 0 aromatic heterocycles. The number of carbonyl (C=O) groups excluding carboxylic acids is 1. The van der Waals surface area contributed by atoms with E-state index in [1.165, 1.54) is 12.1 Å². The number of carbonyl (C=O) groups is 1. The summed E-state index contributed by atoms with van der Waals surface area (Å²) in [7, 11) is 0. The Morgan fingerprint density at radius 3 is 2.45 bits per heavy atom. The third-order valence-electron chi connectivity index (χ3n) is 4.99. The average molecular weight is 438 g/mol. The van der Waals surface area contributed by atoms with Gasteiger partial charge in [-0.05, 0) is 47.7 Å². The standard InChI is InChI=1S/C22H22F4N2O3/c1-13(2)17-9-4-14(3)10-19(17)31-12-20(29)28-21(30,22(24,25)26)11-18(27-28)15-5-7-16(23)8-6-15/h4-10,13,30H,11-12H2,1-3H3/t21-/m0/s1. The third-order valence-corrected chi connectivity index (χ3v) is 4.99. The number of halogens is 4. The fraction of sp³-hybridized carbons (Fsp3) is 0.364. The van der Waals surface area contributed by atoms with Crippen molar-refractivity contribution in [2.45, 2.75) is 45.0 Å². The molecule has 0 unspecified atom stereocenters. The lowest BCUT2D eigenvalue weighted by molar-refractivity contribution is -0.302. The molecule has 1 heterocycles. The number of ether oxygens (including phenoxy) is 1. The third kappa shape index (κ3) is 4.56. The fourth-order valence-electron chi connectivity index (χ4n) is 3.28. The first-order valence-corrected chi connectivity index (χ1v) is 9.61. The lowest BCUT2D eigenvalue weighted by Crippen LogP contribution is -2.57. The minimum absolute atomic E-state index is 0.0105. The number of nitrogens with zero attached hydrogens (tertiary/aromatic N) is 2. The predicted molar refractivity (Wildman–Crippen MR) is 106 cm³/mol. The molecule has 1 amide bonds. The van der Waals surface area contributed by atoms with Crippen molar-refractivity contribution in [3.63, 3.8) is 0 Å². The van der Waals surface area contributed by atoms with Crippen LogP contribution in [0.5, 0.6) is 5.75 Å². The number of aryl methyl sites for hydroxylation is 1. The van der Waals surface area contributed by atoms with Crippen LogP contribution < -0.4 is 4.74 Å². The van der Waals surface area contributed by atoms with Crippen molar-refractivity contribution < 1.29 is 32.2 Å². The molecule has 1 atom stereocenters. The van der Waals surface area contributed by atoms with Gasteiger partial charge in [0.1, 0.15) is 11.6 Å². The molecule has 1 N–H and O–H groups in total. The molecule has 1 aliphatic rings. The van der Waals surface area contributed by atoms with Gasteiger partial charge in [0.25, 0.3) is 11.6 Å². The van der Waals surface area contributed by atoms with E-state index in [1.54, 1.807) is 6.07 Å². The normalized spacial score (nSPS) is 19.0. The minimum Gasteiger partial charge on any atom is -0.483 e. The molecular formula is C22H22F4N2O3. The Kier molecular flexibility index (Phi) is 6.09. The summed E-state index contributed by atoms with van der Waals surface area (Å²) in [4.78, 5) is 12.7. The van der Waals surface area contributed by atoms with Crippen molar-refractivity contribution in [1.82, 2.24) is 5.01 Å². The highest BCUT2D eigenvalue weighted by Crippen LogP contribution is 2.41. The molecule has 0 bridgehead atoms. The topological polar surface area (TPSA) is 62.1 Å². The molecule has 0 aliphatic carbocycles. The Bertz CT molecular complexity index is 1000. The first kappa shape index (κ1) is 22.7. The first-order chi connectivity index (χ1) is 14.4. The van der Waals surface area contributed by atoms with Crippen LogP contribution in [0.4, 0.5) is 17.6 Å². The zero-order valence-corrected chi connectivity index (χ0v) is 17.2. The molecule has 9 heteroatoms. The van der Waals surface area contributed by atoms with E-state index in [4.69, 9.17) is 4.74 Å². The molecule has 166 valence electrons. The summed E-state index contributed by atoms with van der Waals surface area (Å²) in [5.41, 5.74) is -1.89. The highest BCUT2D eigenvalue weighted by molar-refractivity contribution is 6.03. The Morgan fingerprint density at radius 1 is 1.23 bits per heavy atom. The van der Waals surface area contributed by atoms with Crippen LogP contribution in [0, 0.1) is 12.7 Å².